The number of rotatable bonds is 4. The highest BCUT2D eigenvalue weighted by atomic mass is 16.5. The molecule has 120 valence electrons. The molecule has 0 fully saturated rings. The summed E-state index contributed by atoms with van der Waals surface area (Å²) in [5.41, 5.74) is 4.83. The number of benzene rings is 1. The van der Waals surface area contributed by atoms with Gasteiger partial charge >= 0.3 is 5.97 Å². The predicted molar refractivity (Wildman–Crippen MR) is 89.5 cm³/mol. The maximum absolute atomic E-state index is 11.8. The molecule has 0 aliphatic carbocycles. The maximum Gasteiger partial charge on any atom is 0.306 e. The highest BCUT2D eigenvalue weighted by Gasteiger charge is 2.15. The summed E-state index contributed by atoms with van der Waals surface area (Å²) in [5.74, 6) is -0.176. The van der Waals surface area contributed by atoms with Crippen LogP contribution in [-0.2, 0) is 16.0 Å². The van der Waals surface area contributed by atoms with Gasteiger partial charge in [-0.15, -0.1) is 0 Å². The van der Waals surface area contributed by atoms with Crippen molar-refractivity contribution < 1.29 is 9.53 Å². The topological polar surface area (TPSA) is 56.5 Å². The van der Waals surface area contributed by atoms with Crippen LogP contribution in [0.15, 0.2) is 24.3 Å². The van der Waals surface area contributed by atoms with Gasteiger partial charge in [-0.25, -0.2) is 9.50 Å². The van der Waals surface area contributed by atoms with Crippen molar-refractivity contribution in [2.75, 3.05) is 0 Å². The van der Waals surface area contributed by atoms with Crippen molar-refractivity contribution in [3.63, 3.8) is 0 Å². The molecule has 0 bridgehead atoms. The molecule has 5 heteroatoms. The lowest BCUT2D eigenvalue weighted by atomic mass is 10.1. The van der Waals surface area contributed by atoms with Crippen molar-refractivity contribution >= 4 is 22.5 Å². The molecule has 23 heavy (non-hydrogen) atoms. The van der Waals surface area contributed by atoms with Gasteiger partial charge in [0.25, 0.3) is 0 Å². The lowest BCUT2D eigenvalue weighted by molar-refractivity contribution is -0.147. The second-order valence-corrected chi connectivity index (χ2v) is 6.05. The van der Waals surface area contributed by atoms with E-state index in [2.05, 4.69) is 5.10 Å². The summed E-state index contributed by atoms with van der Waals surface area (Å²) in [6, 6.07) is 7.98. The van der Waals surface area contributed by atoms with Gasteiger partial charge in [-0.05, 0) is 51.8 Å². The van der Waals surface area contributed by atoms with Crippen LogP contribution in [-0.4, -0.2) is 26.7 Å². The second kappa shape index (κ2) is 5.99. The largest absolute Gasteiger partial charge is 0.463 e. The summed E-state index contributed by atoms with van der Waals surface area (Å²) in [7, 11) is 0. The van der Waals surface area contributed by atoms with Crippen LogP contribution in [0.4, 0.5) is 0 Å². The Morgan fingerprint density at radius 1 is 1.26 bits per heavy atom. The Labute approximate surface area is 135 Å². The van der Waals surface area contributed by atoms with Crippen molar-refractivity contribution in [1.82, 2.24) is 14.6 Å². The SMILES string of the molecule is Cc1nc2c3ccccc3nn2c(C)c1CCC(=O)OC(C)C. The van der Waals surface area contributed by atoms with Crippen LogP contribution >= 0.6 is 0 Å². The van der Waals surface area contributed by atoms with Gasteiger partial charge in [0.05, 0.1) is 11.6 Å². The Bertz CT molecular complexity index is 881. The first-order chi connectivity index (χ1) is 11.0. The number of carbonyl (C=O) groups is 1. The standard InChI is InChI=1S/C18H21N3O2/c1-11(2)23-17(22)10-9-14-12(3)19-18-15-7-5-6-8-16(15)20-21(18)13(14)4/h5-8,11H,9-10H2,1-4H3. The third-order valence-electron chi connectivity index (χ3n) is 3.96. The first-order valence-corrected chi connectivity index (χ1v) is 7.90. The van der Waals surface area contributed by atoms with E-state index in [1.54, 1.807) is 0 Å². The zero-order valence-corrected chi connectivity index (χ0v) is 14.0. The molecular formula is C18H21N3O2. The van der Waals surface area contributed by atoms with Crippen molar-refractivity contribution in [1.29, 1.82) is 0 Å². The van der Waals surface area contributed by atoms with Crippen LogP contribution in [0.2, 0.25) is 0 Å². The van der Waals surface area contributed by atoms with Gasteiger partial charge in [0.15, 0.2) is 5.65 Å². The van der Waals surface area contributed by atoms with Crippen LogP contribution in [0.5, 0.6) is 0 Å². The number of aryl methyl sites for hydroxylation is 2. The minimum absolute atomic E-state index is 0.0817. The Hall–Kier alpha value is -2.43. The molecule has 3 rings (SSSR count). The number of hydrogen-bond acceptors (Lipinski definition) is 4. The molecule has 1 aromatic carbocycles. The second-order valence-electron chi connectivity index (χ2n) is 6.05. The van der Waals surface area contributed by atoms with Gasteiger partial charge in [-0.1, -0.05) is 12.1 Å². The molecule has 0 atom stereocenters. The van der Waals surface area contributed by atoms with Gasteiger partial charge in [-0.2, -0.15) is 5.10 Å². The Balaban J connectivity index is 1.98. The molecule has 5 nitrogen and oxygen atoms in total. The maximum atomic E-state index is 11.8. The number of carbonyl (C=O) groups excluding carboxylic acids is 1. The minimum Gasteiger partial charge on any atom is -0.463 e. The number of ether oxygens (including phenoxy) is 1. The molecule has 0 saturated heterocycles. The van der Waals surface area contributed by atoms with Crippen LogP contribution in [0.25, 0.3) is 16.6 Å². The van der Waals surface area contributed by atoms with E-state index in [0.717, 1.165) is 33.5 Å². The van der Waals surface area contributed by atoms with Gasteiger partial charge in [0.2, 0.25) is 0 Å². The zero-order valence-electron chi connectivity index (χ0n) is 14.0. The zero-order chi connectivity index (χ0) is 16.6. The number of nitrogens with zero attached hydrogens (tertiary/aromatic N) is 3. The Kier molecular flexibility index (Phi) is 4.03. The summed E-state index contributed by atoms with van der Waals surface area (Å²) in [5, 5.41) is 5.68. The fraction of sp³-hybridized carbons (Fsp3) is 0.389. The average Bonchev–Trinajstić information content (AvgIpc) is 2.85. The van der Waals surface area contributed by atoms with E-state index in [0.29, 0.717) is 12.8 Å². The van der Waals surface area contributed by atoms with Crippen LogP contribution < -0.4 is 0 Å². The molecule has 0 spiro atoms. The first kappa shape index (κ1) is 15.5. The summed E-state index contributed by atoms with van der Waals surface area (Å²) >= 11 is 0. The molecule has 2 heterocycles. The lowest BCUT2D eigenvalue weighted by Crippen LogP contribution is -2.13. The van der Waals surface area contributed by atoms with Crippen molar-refractivity contribution in [2.45, 2.75) is 46.6 Å². The van der Waals surface area contributed by atoms with Gasteiger partial charge in [0.1, 0.15) is 0 Å². The molecular weight excluding hydrogens is 290 g/mol. The van der Waals surface area contributed by atoms with E-state index in [4.69, 9.17) is 9.72 Å². The fourth-order valence-electron chi connectivity index (χ4n) is 2.89. The van der Waals surface area contributed by atoms with E-state index in [-0.39, 0.29) is 12.1 Å². The quantitative estimate of drug-likeness (QED) is 0.693. The molecule has 3 aromatic rings. The van der Waals surface area contributed by atoms with Crippen molar-refractivity contribution in [3.05, 3.63) is 41.2 Å². The molecule has 0 N–H and O–H groups in total. The molecule has 0 unspecified atom stereocenters. The van der Waals surface area contributed by atoms with E-state index >= 15 is 0 Å². The molecule has 0 aliphatic heterocycles. The van der Waals surface area contributed by atoms with E-state index < -0.39 is 0 Å². The summed E-state index contributed by atoms with van der Waals surface area (Å²) in [6.07, 6.45) is 0.887. The smallest absolute Gasteiger partial charge is 0.306 e. The van der Waals surface area contributed by atoms with Crippen LogP contribution in [0.1, 0.15) is 37.2 Å². The van der Waals surface area contributed by atoms with E-state index in [9.17, 15) is 4.79 Å². The van der Waals surface area contributed by atoms with Crippen molar-refractivity contribution in [2.24, 2.45) is 0 Å². The minimum atomic E-state index is -0.176. The summed E-state index contributed by atoms with van der Waals surface area (Å²) in [4.78, 5) is 16.5. The van der Waals surface area contributed by atoms with Gasteiger partial charge in [0, 0.05) is 23.2 Å². The monoisotopic (exact) mass is 311 g/mol. The highest BCUT2D eigenvalue weighted by Crippen LogP contribution is 2.23. The number of fused-ring (bicyclic) bond motifs is 3. The Morgan fingerprint density at radius 3 is 2.74 bits per heavy atom. The van der Waals surface area contributed by atoms with Crippen LogP contribution in [0, 0.1) is 13.8 Å². The fourth-order valence-corrected chi connectivity index (χ4v) is 2.89. The molecule has 0 amide bonds. The normalized spacial score (nSPS) is 11.5. The summed E-state index contributed by atoms with van der Waals surface area (Å²) < 4.78 is 7.08. The number of hydrogen-bond donors (Lipinski definition) is 0. The van der Waals surface area contributed by atoms with Crippen molar-refractivity contribution in [3.8, 4) is 0 Å². The third-order valence-corrected chi connectivity index (χ3v) is 3.96. The van der Waals surface area contributed by atoms with E-state index in [1.807, 2.05) is 56.5 Å². The summed E-state index contributed by atoms with van der Waals surface area (Å²) in [6.45, 7) is 7.73. The average molecular weight is 311 g/mol. The molecule has 0 saturated carbocycles. The molecule has 0 aliphatic rings. The molecule has 0 radical (unpaired) electrons. The predicted octanol–water partition coefficient (Wildman–Crippen LogP) is 3.38. The number of aromatic nitrogens is 3. The Morgan fingerprint density at radius 2 is 2.00 bits per heavy atom. The van der Waals surface area contributed by atoms with E-state index in [1.165, 1.54) is 0 Å². The van der Waals surface area contributed by atoms with Gasteiger partial charge < -0.3 is 4.74 Å². The third kappa shape index (κ3) is 2.91. The first-order valence-electron chi connectivity index (χ1n) is 7.90. The molecule has 2 aromatic heterocycles. The highest BCUT2D eigenvalue weighted by molar-refractivity contribution is 5.92. The van der Waals surface area contributed by atoms with Gasteiger partial charge in [-0.3, -0.25) is 4.79 Å². The number of esters is 1. The van der Waals surface area contributed by atoms with Crippen LogP contribution in [0.3, 0.4) is 0 Å². The lowest BCUT2D eigenvalue weighted by Gasteiger charge is -2.12.